The lowest BCUT2D eigenvalue weighted by Gasteiger charge is -2.14. The first-order chi connectivity index (χ1) is 9.61. The summed E-state index contributed by atoms with van der Waals surface area (Å²) >= 11 is 1.72. The third-order valence-corrected chi connectivity index (χ3v) is 4.09. The third kappa shape index (κ3) is 3.46. The molecule has 2 rings (SSSR count). The van der Waals surface area contributed by atoms with Gasteiger partial charge in [0.1, 0.15) is 0 Å². The molecule has 1 N–H and O–H groups in total. The van der Waals surface area contributed by atoms with Gasteiger partial charge in [0.05, 0.1) is 7.11 Å². The zero-order valence-corrected chi connectivity index (χ0v) is 12.7. The molecule has 1 unspecified atom stereocenters. The average Bonchev–Trinajstić information content (AvgIpc) is 2.94. The molecule has 0 aliphatic carbocycles. The molecular formula is C14H19N3O2S. The maximum atomic E-state index is 11.9. The summed E-state index contributed by atoms with van der Waals surface area (Å²) in [5.74, 6) is 0. The van der Waals surface area contributed by atoms with Crippen molar-refractivity contribution < 1.29 is 4.74 Å². The fourth-order valence-electron chi connectivity index (χ4n) is 1.99. The smallest absolute Gasteiger partial charge is 0.299 e. The van der Waals surface area contributed by atoms with Crippen LogP contribution >= 0.6 is 11.3 Å². The fourth-order valence-corrected chi connectivity index (χ4v) is 2.75. The van der Waals surface area contributed by atoms with Crippen LogP contribution in [-0.2, 0) is 6.54 Å². The van der Waals surface area contributed by atoms with Gasteiger partial charge < -0.3 is 10.1 Å². The van der Waals surface area contributed by atoms with Crippen molar-refractivity contribution in [2.75, 3.05) is 13.7 Å². The Hall–Kier alpha value is -1.66. The second-order valence-electron chi connectivity index (χ2n) is 4.57. The molecule has 0 spiro atoms. The minimum absolute atomic E-state index is 0.0834. The number of aromatic nitrogens is 2. The summed E-state index contributed by atoms with van der Waals surface area (Å²) in [7, 11) is 1.53. The number of nitrogens with one attached hydrogen (secondary N) is 1. The highest BCUT2D eigenvalue weighted by atomic mass is 32.1. The number of hydrogen-bond acceptors (Lipinski definition) is 5. The van der Waals surface area contributed by atoms with E-state index >= 15 is 0 Å². The molecule has 0 saturated carbocycles. The van der Waals surface area contributed by atoms with Gasteiger partial charge in [-0.05, 0) is 25.3 Å². The lowest BCUT2D eigenvalue weighted by atomic mass is 10.3. The summed E-state index contributed by atoms with van der Waals surface area (Å²) in [5, 5.41) is 5.45. The Labute approximate surface area is 122 Å². The number of methoxy groups -OCH3 is 1. The van der Waals surface area contributed by atoms with E-state index in [0.29, 0.717) is 24.8 Å². The van der Waals surface area contributed by atoms with Crippen LogP contribution in [0.3, 0.4) is 0 Å². The maximum Gasteiger partial charge on any atom is 0.299 e. The van der Waals surface area contributed by atoms with Crippen molar-refractivity contribution in [3.8, 4) is 6.01 Å². The topological polar surface area (TPSA) is 56.1 Å². The van der Waals surface area contributed by atoms with E-state index < -0.39 is 0 Å². The van der Waals surface area contributed by atoms with Gasteiger partial charge in [0, 0.05) is 35.8 Å². The number of ether oxygens (including phenoxy) is 1. The van der Waals surface area contributed by atoms with E-state index in [9.17, 15) is 4.79 Å². The van der Waals surface area contributed by atoms with Gasteiger partial charge in [-0.1, -0.05) is 6.07 Å². The molecule has 0 bridgehead atoms. The molecular weight excluding hydrogens is 274 g/mol. The summed E-state index contributed by atoms with van der Waals surface area (Å²) in [6, 6.07) is 6.29. The average molecular weight is 293 g/mol. The molecule has 2 heterocycles. The van der Waals surface area contributed by atoms with Crippen molar-refractivity contribution in [2.24, 2.45) is 0 Å². The first-order valence-corrected chi connectivity index (χ1v) is 7.39. The number of nitrogens with zero attached hydrogens (tertiary/aromatic N) is 2. The van der Waals surface area contributed by atoms with Gasteiger partial charge in [0.25, 0.3) is 11.6 Å². The van der Waals surface area contributed by atoms with Crippen molar-refractivity contribution in [3.05, 3.63) is 44.5 Å². The predicted octanol–water partition coefficient (Wildman–Crippen LogP) is 1.97. The van der Waals surface area contributed by atoms with E-state index in [2.05, 4.69) is 28.7 Å². The Morgan fingerprint density at radius 3 is 3.00 bits per heavy atom. The molecule has 0 saturated heterocycles. The molecule has 6 heteroatoms. The molecule has 108 valence electrons. The van der Waals surface area contributed by atoms with Crippen LogP contribution in [0.15, 0.2) is 28.4 Å². The van der Waals surface area contributed by atoms with Crippen molar-refractivity contribution in [1.29, 1.82) is 0 Å². The van der Waals surface area contributed by atoms with Gasteiger partial charge in [-0.15, -0.1) is 11.3 Å². The summed E-state index contributed by atoms with van der Waals surface area (Å²) in [4.78, 5) is 17.4. The molecule has 1 atom stereocenters. The van der Waals surface area contributed by atoms with Gasteiger partial charge in [-0.2, -0.15) is 0 Å². The molecule has 0 aliphatic rings. The SMILES string of the molecule is COc1nc(C)cc(=O)n1CCNC(C)c1cccs1. The van der Waals surface area contributed by atoms with Crippen molar-refractivity contribution in [2.45, 2.75) is 26.4 Å². The largest absolute Gasteiger partial charge is 0.468 e. The van der Waals surface area contributed by atoms with Crippen LogP contribution in [-0.4, -0.2) is 23.2 Å². The minimum Gasteiger partial charge on any atom is -0.468 e. The number of rotatable bonds is 6. The second-order valence-corrected chi connectivity index (χ2v) is 5.54. The predicted molar refractivity (Wildman–Crippen MR) is 80.5 cm³/mol. The van der Waals surface area contributed by atoms with Crippen LogP contribution < -0.4 is 15.6 Å². The summed E-state index contributed by atoms with van der Waals surface area (Å²) in [6.07, 6.45) is 0. The minimum atomic E-state index is -0.0834. The molecule has 0 aromatic carbocycles. The normalized spacial score (nSPS) is 12.3. The fraction of sp³-hybridized carbons (Fsp3) is 0.429. The zero-order chi connectivity index (χ0) is 14.5. The molecule has 0 fully saturated rings. The van der Waals surface area contributed by atoms with E-state index in [1.54, 1.807) is 22.8 Å². The number of aryl methyl sites for hydroxylation is 1. The molecule has 2 aromatic heterocycles. The maximum absolute atomic E-state index is 11.9. The van der Waals surface area contributed by atoms with Crippen LogP contribution in [0.5, 0.6) is 6.01 Å². The molecule has 0 amide bonds. The number of thiophene rings is 1. The Morgan fingerprint density at radius 1 is 1.55 bits per heavy atom. The van der Waals surface area contributed by atoms with Crippen LogP contribution in [0.2, 0.25) is 0 Å². The highest BCUT2D eigenvalue weighted by molar-refractivity contribution is 7.10. The van der Waals surface area contributed by atoms with Crippen molar-refractivity contribution in [1.82, 2.24) is 14.9 Å². The van der Waals surface area contributed by atoms with E-state index in [0.717, 1.165) is 0 Å². The van der Waals surface area contributed by atoms with Crippen LogP contribution in [0.1, 0.15) is 23.5 Å². The van der Waals surface area contributed by atoms with Crippen molar-refractivity contribution >= 4 is 11.3 Å². The lowest BCUT2D eigenvalue weighted by molar-refractivity contribution is 0.341. The highest BCUT2D eigenvalue weighted by Gasteiger charge is 2.09. The van der Waals surface area contributed by atoms with Gasteiger partial charge in [0.15, 0.2) is 0 Å². The van der Waals surface area contributed by atoms with E-state index in [4.69, 9.17) is 4.74 Å². The van der Waals surface area contributed by atoms with E-state index in [1.165, 1.54) is 18.1 Å². The van der Waals surface area contributed by atoms with E-state index in [1.807, 2.05) is 6.07 Å². The molecule has 5 nitrogen and oxygen atoms in total. The van der Waals surface area contributed by atoms with E-state index in [-0.39, 0.29) is 11.6 Å². The van der Waals surface area contributed by atoms with Gasteiger partial charge in [-0.3, -0.25) is 9.36 Å². The quantitative estimate of drug-likeness (QED) is 0.885. The first-order valence-electron chi connectivity index (χ1n) is 6.51. The third-order valence-electron chi connectivity index (χ3n) is 3.04. The molecule has 2 aromatic rings. The summed E-state index contributed by atoms with van der Waals surface area (Å²) < 4.78 is 6.71. The standard InChI is InChI=1S/C14H19N3O2S/c1-10-9-13(18)17(14(16-10)19-3)7-6-15-11(2)12-5-4-8-20-12/h4-5,8-9,11,15H,6-7H2,1-3H3. The van der Waals surface area contributed by atoms with Crippen LogP contribution in [0, 0.1) is 6.92 Å². The molecule has 0 aliphatic heterocycles. The second kappa shape index (κ2) is 6.67. The summed E-state index contributed by atoms with van der Waals surface area (Å²) in [6.45, 7) is 5.11. The van der Waals surface area contributed by atoms with Crippen molar-refractivity contribution in [3.63, 3.8) is 0 Å². The Bertz CT molecular complexity index is 607. The highest BCUT2D eigenvalue weighted by Crippen LogP contribution is 2.17. The molecule has 20 heavy (non-hydrogen) atoms. The Morgan fingerprint density at radius 2 is 2.35 bits per heavy atom. The monoisotopic (exact) mass is 293 g/mol. The van der Waals surface area contributed by atoms with Crippen LogP contribution in [0.25, 0.3) is 0 Å². The number of hydrogen-bond donors (Lipinski definition) is 1. The van der Waals surface area contributed by atoms with Crippen LogP contribution in [0.4, 0.5) is 0 Å². The first kappa shape index (κ1) is 14.7. The molecule has 0 radical (unpaired) electrons. The van der Waals surface area contributed by atoms with Gasteiger partial charge in [0.2, 0.25) is 0 Å². The van der Waals surface area contributed by atoms with Gasteiger partial charge in [-0.25, -0.2) is 4.98 Å². The Kier molecular flexibility index (Phi) is 4.92. The lowest BCUT2D eigenvalue weighted by Crippen LogP contribution is -2.29. The zero-order valence-electron chi connectivity index (χ0n) is 11.9. The Balaban J connectivity index is 1.99. The summed E-state index contributed by atoms with van der Waals surface area (Å²) in [5.41, 5.74) is 0.586. The van der Waals surface area contributed by atoms with Gasteiger partial charge >= 0.3 is 0 Å².